The minimum Gasteiger partial charge on any atom is -0.383 e. The molecule has 0 spiro atoms. The topological polar surface area (TPSA) is 108 Å². The molecular weight excluding hydrogens is 244 g/mol. The highest BCUT2D eigenvalue weighted by Gasteiger charge is 2.14. The SMILES string of the molecule is CC(NCc1ccccc1)=C(C#N)C(=O)NC(N)=O. The van der Waals surface area contributed by atoms with Crippen molar-refractivity contribution in [1.29, 1.82) is 5.26 Å². The molecule has 0 saturated carbocycles. The number of carbonyl (C=O) groups excluding carboxylic acids is 2. The van der Waals surface area contributed by atoms with E-state index in [1.54, 1.807) is 13.0 Å². The van der Waals surface area contributed by atoms with Gasteiger partial charge in [0.15, 0.2) is 0 Å². The molecule has 0 aliphatic carbocycles. The maximum Gasteiger partial charge on any atom is 0.319 e. The summed E-state index contributed by atoms with van der Waals surface area (Å²) in [7, 11) is 0. The fourth-order valence-electron chi connectivity index (χ4n) is 1.40. The third kappa shape index (κ3) is 4.52. The van der Waals surface area contributed by atoms with Crippen molar-refractivity contribution >= 4 is 11.9 Å². The van der Waals surface area contributed by atoms with Crippen molar-refractivity contribution in [3.63, 3.8) is 0 Å². The van der Waals surface area contributed by atoms with E-state index in [-0.39, 0.29) is 5.57 Å². The normalized spacial score (nSPS) is 10.9. The number of carbonyl (C=O) groups is 2. The molecule has 19 heavy (non-hydrogen) atoms. The van der Waals surface area contributed by atoms with Crippen LogP contribution in [0.25, 0.3) is 0 Å². The Morgan fingerprint density at radius 1 is 1.32 bits per heavy atom. The first-order valence-corrected chi connectivity index (χ1v) is 5.54. The lowest BCUT2D eigenvalue weighted by Crippen LogP contribution is -2.36. The standard InChI is InChI=1S/C13H14N4O2/c1-9(11(7-14)12(18)17-13(15)19)16-8-10-5-3-2-4-6-10/h2-6,16H,8H2,1H3,(H3,15,17,18,19). The summed E-state index contributed by atoms with van der Waals surface area (Å²) in [4.78, 5) is 22.1. The Bertz CT molecular complexity index is 544. The molecule has 0 saturated heterocycles. The van der Waals surface area contributed by atoms with Gasteiger partial charge in [-0.1, -0.05) is 30.3 Å². The van der Waals surface area contributed by atoms with Gasteiger partial charge in [0.2, 0.25) is 0 Å². The highest BCUT2D eigenvalue weighted by Crippen LogP contribution is 2.03. The van der Waals surface area contributed by atoms with Gasteiger partial charge in [-0.3, -0.25) is 10.1 Å². The molecule has 98 valence electrons. The van der Waals surface area contributed by atoms with E-state index >= 15 is 0 Å². The average molecular weight is 258 g/mol. The second-order valence-corrected chi connectivity index (χ2v) is 3.77. The molecule has 0 aliphatic rings. The van der Waals surface area contributed by atoms with Gasteiger partial charge in [0.1, 0.15) is 11.6 Å². The third-order valence-corrected chi connectivity index (χ3v) is 2.35. The molecule has 4 N–H and O–H groups in total. The second-order valence-electron chi connectivity index (χ2n) is 3.77. The van der Waals surface area contributed by atoms with Crippen LogP contribution in [-0.2, 0) is 11.3 Å². The molecule has 0 fully saturated rings. The van der Waals surface area contributed by atoms with E-state index in [0.717, 1.165) is 5.56 Å². The van der Waals surface area contributed by atoms with Gasteiger partial charge in [-0.2, -0.15) is 5.26 Å². The monoisotopic (exact) mass is 258 g/mol. The Morgan fingerprint density at radius 3 is 2.47 bits per heavy atom. The van der Waals surface area contributed by atoms with E-state index in [2.05, 4.69) is 5.32 Å². The van der Waals surface area contributed by atoms with Crippen molar-refractivity contribution in [2.45, 2.75) is 13.5 Å². The molecule has 1 aromatic carbocycles. The average Bonchev–Trinajstić information content (AvgIpc) is 2.37. The number of primary amides is 1. The molecule has 0 aromatic heterocycles. The first kappa shape index (κ1) is 14.3. The molecule has 0 unspecified atom stereocenters. The fourth-order valence-corrected chi connectivity index (χ4v) is 1.40. The quantitative estimate of drug-likeness (QED) is 0.547. The van der Waals surface area contributed by atoms with Crippen LogP contribution in [0.1, 0.15) is 12.5 Å². The minimum absolute atomic E-state index is 0.172. The van der Waals surface area contributed by atoms with Gasteiger partial charge >= 0.3 is 6.03 Å². The summed E-state index contributed by atoms with van der Waals surface area (Å²) in [6.07, 6.45) is 0. The van der Waals surface area contributed by atoms with Crippen LogP contribution < -0.4 is 16.4 Å². The van der Waals surface area contributed by atoms with Crippen molar-refractivity contribution in [2.75, 3.05) is 0 Å². The predicted octanol–water partition coefficient (Wildman–Crippen LogP) is 0.769. The van der Waals surface area contributed by atoms with Gasteiger partial charge in [0, 0.05) is 12.2 Å². The van der Waals surface area contributed by atoms with E-state index in [1.165, 1.54) is 0 Å². The zero-order valence-corrected chi connectivity index (χ0v) is 10.4. The van der Waals surface area contributed by atoms with Crippen LogP contribution in [0.15, 0.2) is 41.6 Å². The Balaban J connectivity index is 2.74. The maximum atomic E-state index is 11.5. The molecule has 6 heteroatoms. The predicted molar refractivity (Wildman–Crippen MR) is 69.3 cm³/mol. The van der Waals surface area contributed by atoms with Crippen LogP contribution in [0.5, 0.6) is 0 Å². The van der Waals surface area contributed by atoms with E-state index in [1.807, 2.05) is 35.6 Å². The summed E-state index contributed by atoms with van der Waals surface area (Å²) in [5.74, 6) is -0.812. The van der Waals surface area contributed by atoms with E-state index in [4.69, 9.17) is 11.0 Å². The highest BCUT2D eigenvalue weighted by atomic mass is 16.2. The molecule has 1 rings (SSSR count). The number of nitrogens with one attached hydrogen (secondary N) is 2. The molecule has 0 bridgehead atoms. The number of hydrogen-bond acceptors (Lipinski definition) is 4. The third-order valence-electron chi connectivity index (χ3n) is 2.35. The zero-order chi connectivity index (χ0) is 14.3. The fraction of sp³-hybridized carbons (Fsp3) is 0.154. The molecule has 0 radical (unpaired) electrons. The number of imide groups is 1. The minimum atomic E-state index is -0.992. The molecule has 1 aromatic rings. The largest absolute Gasteiger partial charge is 0.383 e. The molecule has 6 nitrogen and oxygen atoms in total. The lowest BCUT2D eigenvalue weighted by atomic mass is 10.2. The lowest BCUT2D eigenvalue weighted by molar-refractivity contribution is -0.116. The Hall–Kier alpha value is -2.81. The van der Waals surface area contributed by atoms with Crippen LogP contribution in [0.2, 0.25) is 0 Å². The Labute approximate surface area is 110 Å². The van der Waals surface area contributed by atoms with Gasteiger partial charge in [-0.05, 0) is 12.5 Å². The van der Waals surface area contributed by atoms with Crippen LogP contribution in [0.3, 0.4) is 0 Å². The van der Waals surface area contributed by atoms with Gasteiger partial charge in [0.05, 0.1) is 0 Å². The van der Waals surface area contributed by atoms with Gasteiger partial charge in [-0.15, -0.1) is 0 Å². The van der Waals surface area contributed by atoms with Crippen molar-refractivity contribution < 1.29 is 9.59 Å². The van der Waals surface area contributed by atoms with Crippen LogP contribution in [0.4, 0.5) is 4.79 Å². The van der Waals surface area contributed by atoms with Crippen molar-refractivity contribution in [3.8, 4) is 6.07 Å². The molecular formula is C13H14N4O2. The number of urea groups is 1. The van der Waals surface area contributed by atoms with E-state index in [0.29, 0.717) is 12.2 Å². The van der Waals surface area contributed by atoms with Gasteiger partial charge in [-0.25, -0.2) is 4.79 Å². The molecule has 0 aliphatic heterocycles. The molecule has 3 amide bonds. The first-order valence-electron chi connectivity index (χ1n) is 5.54. The van der Waals surface area contributed by atoms with Crippen molar-refractivity contribution in [1.82, 2.24) is 10.6 Å². The Kier molecular flexibility index (Phi) is 5.11. The number of rotatable bonds is 4. The Morgan fingerprint density at radius 2 is 1.95 bits per heavy atom. The van der Waals surface area contributed by atoms with Crippen molar-refractivity contribution in [3.05, 3.63) is 47.2 Å². The van der Waals surface area contributed by atoms with E-state index in [9.17, 15) is 9.59 Å². The number of nitrogens with zero attached hydrogens (tertiary/aromatic N) is 1. The summed E-state index contributed by atoms with van der Waals surface area (Å²) in [5.41, 5.74) is 6.04. The summed E-state index contributed by atoms with van der Waals surface area (Å²) in [6.45, 7) is 2.06. The second kappa shape index (κ2) is 6.81. The number of amides is 3. The molecule has 0 atom stereocenters. The summed E-state index contributed by atoms with van der Waals surface area (Å²) < 4.78 is 0. The van der Waals surface area contributed by atoms with Crippen LogP contribution in [-0.4, -0.2) is 11.9 Å². The summed E-state index contributed by atoms with van der Waals surface area (Å²) >= 11 is 0. The number of hydrogen-bond donors (Lipinski definition) is 3. The summed E-state index contributed by atoms with van der Waals surface area (Å²) in [6, 6.07) is 10.2. The van der Waals surface area contributed by atoms with Crippen molar-refractivity contribution in [2.24, 2.45) is 5.73 Å². The number of benzene rings is 1. The lowest BCUT2D eigenvalue weighted by Gasteiger charge is -2.08. The number of allylic oxidation sites excluding steroid dienone is 1. The van der Waals surface area contributed by atoms with Gasteiger partial charge < -0.3 is 11.1 Å². The number of nitriles is 1. The van der Waals surface area contributed by atoms with Crippen LogP contribution in [0, 0.1) is 11.3 Å². The first-order chi connectivity index (χ1) is 9.04. The number of nitrogens with two attached hydrogens (primary N) is 1. The maximum absolute atomic E-state index is 11.5. The van der Waals surface area contributed by atoms with Crippen LogP contribution >= 0.6 is 0 Å². The summed E-state index contributed by atoms with van der Waals surface area (Å²) in [5, 5.41) is 13.7. The highest BCUT2D eigenvalue weighted by molar-refractivity contribution is 6.06. The van der Waals surface area contributed by atoms with Gasteiger partial charge in [0.25, 0.3) is 5.91 Å². The smallest absolute Gasteiger partial charge is 0.319 e. The zero-order valence-electron chi connectivity index (χ0n) is 10.4. The molecule has 0 heterocycles. The van der Waals surface area contributed by atoms with E-state index < -0.39 is 11.9 Å².